The molecule has 1 saturated heterocycles. The van der Waals surface area contributed by atoms with Gasteiger partial charge in [-0.25, -0.2) is 4.98 Å². The number of hydrogen-bond donors (Lipinski definition) is 2. The molecule has 0 spiro atoms. The van der Waals surface area contributed by atoms with Crippen LogP contribution in [-0.4, -0.2) is 23.1 Å². The molecule has 17 heavy (non-hydrogen) atoms. The van der Waals surface area contributed by atoms with Crippen LogP contribution in [0.25, 0.3) is 0 Å². The monoisotopic (exact) mass is 235 g/mol. The molecule has 1 fully saturated rings. The Morgan fingerprint density at radius 2 is 2.41 bits per heavy atom. The highest BCUT2D eigenvalue weighted by Gasteiger charge is 2.13. The van der Waals surface area contributed by atoms with Crippen molar-refractivity contribution >= 4 is 0 Å². The van der Waals surface area contributed by atoms with Gasteiger partial charge in [0.15, 0.2) is 0 Å². The molecule has 1 unspecified atom stereocenters. The van der Waals surface area contributed by atoms with Crippen LogP contribution < -0.4 is 10.9 Å². The van der Waals surface area contributed by atoms with E-state index in [1.807, 2.05) is 6.92 Å². The van der Waals surface area contributed by atoms with Gasteiger partial charge in [0, 0.05) is 18.2 Å². The maximum Gasteiger partial charge on any atom is 0.251 e. The smallest absolute Gasteiger partial charge is 0.251 e. The Bertz CT molecular complexity index is 407. The molecule has 4 nitrogen and oxygen atoms in total. The van der Waals surface area contributed by atoms with E-state index in [2.05, 4.69) is 15.3 Å². The molecule has 0 aliphatic carbocycles. The topological polar surface area (TPSA) is 57.8 Å². The zero-order valence-corrected chi connectivity index (χ0v) is 10.5. The average molecular weight is 235 g/mol. The highest BCUT2D eigenvalue weighted by Crippen LogP contribution is 2.15. The van der Waals surface area contributed by atoms with E-state index in [9.17, 15) is 4.79 Å². The second-order valence-corrected chi connectivity index (χ2v) is 4.79. The summed E-state index contributed by atoms with van der Waals surface area (Å²) in [6, 6.07) is 1.59. The summed E-state index contributed by atoms with van der Waals surface area (Å²) in [7, 11) is 0. The van der Waals surface area contributed by atoms with Gasteiger partial charge in [-0.15, -0.1) is 0 Å². The number of aryl methyl sites for hydroxylation is 2. The largest absolute Gasteiger partial charge is 0.316 e. The molecule has 4 heteroatoms. The molecule has 1 atom stereocenters. The second-order valence-electron chi connectivity index (χ2n) is 4.79. The number of aromatic amines is 1. The molecule has 1 aromatic rings. The van der Waals surface area contributed by atoms with Crippen LogP contribution in [0.3, 0.4) is 0 Å². The van der Waals surface area contributed by atoms with Gasteiger partial charge >= 0.3 is 0 Å². The summed E-state index contributed by atoms with van der Waals surface area (Å²) >= 11 is 0. The fourth-order valence-electron chi connectivity index (χ4n) is 2.37. The van der Waals surface area contributed by atoms with Gasteiger partial charge < -0.3 is 10.3 Å². The van der Waals surface area contributed by atoms with Crippen molar-refractivity contribution in [2.45, 2.75) is 39.0 Å². The van der Waals surface area contributed by atoms with Crippen molar-refractivity contribution in [3.8, 4) is 0 Å². The van der Waals surface area contributed by atoms with Crippen molar-refractivity contribution in [2.24, 2.45) is 5.92 Å². The first-order chi connectivity index (χ1) is 8.28. The lowest BCUT2D eigenvalue weighted by Crippen LogP contribution is -2.30. The van der Waals surface area contributed by atoms with Crippen molar-refractivity contribution in [3.63, 3.8) is 0 Å². The first-order valence-corrected chi connectivity index (χ1v) is 6.57. The first-order valence-electron chi connectivity index (χ1n) is 6.57. The number of H-pyrrole nitrogens is 1. The Kier molecular flexibility index (Phi) is 4.31. The van der Waals surface area contributed by atoms with E-state index >= 15 is 0 Å². The summed E-state index contributed by atoms with van der Waals surface area (Å²) in [6.45, 7) is 4.28. The fourth-order valence-corrected chi connectivity index (χ4v) is 2.37. The van der Waals surface area contributed by atoms with E-state index in [-0.39, 0.29) is 5.56 Å². The molecule has 0 saturated carbocycles. The van der Waals surface area contributed by atoms with Crippen molar-refractivity contribution in [1.82, 2.24) is 15.3 Å². The minimum absolute atomic E-state index is 0.0198. The molecule has 94 valence electrons. The quantitative estimate of drug-likeness (QED) is 0.826. The lowest BCUT2D eigenvalue weighted by atomic mass is 9.94. The number of piperidine rings is 1. The Hall–Kier alpha value is -1.16. The van der Waals surface area contributed by atoms with Gasteiger partial charge in [0.05, 0.1) is 0 Å². The van der Waals surface area contributed by atoms with Crippen LogP contribution in [0, 0.1) is 5.92 Å². The minimum Gasteiger partial charge on any atom is -0.316 e. The molecular weight excluding hydrogens is 214 g/mol. The molecule has 0 radical (unpaired) electrons. The SMILES string of the molecule is CCc1cc(=O)[nH]c(CCC2CCCNC2)n1. The number of hydrogen-bond acceptors (Lipinski definition) is 3. The van der Waals surface area contributed by atoms with Gasteiger partial charge in [-0.2, -0.15) is 0 Å². The lowest BCUT2D eigenvalue weighted by Gasteiger charge is -2.22. The Morgan fingerprint density at radius 1 is 1.53 bits per heavy atom. The zero-order chi connectivity index (χ0) is 12.1. The summed E-state index contributed by atoms with van der Waals surface area (Å²) in [6.07, 6.45) is 5.38. The van der Waals surface area contributed by atoms with Crippen LogP contribution in [-0.2, 0) is 12.8 Å². The van der Waals surface area contributed by atoms with E-state index in [4.69, 9.17) is 0 Å². The maximum atomic E-state index is 11.4. The van der Waals surface area contributed by atoms with Crippen molar-refractivity contribution in [2.75, 3.05) is 13.1 Å². The number of aromatic nitrogens is 2. The maximum absolute atomic E-state index is 11.4. The second kappa shape index (κ2) is 5.96. The third-order valence-corrected chi connectivity index (χ3v) is 3.39. The third kappa shape index (κ3) is 3.66. The zero-order valence-electron chi connectivity index (χ0n) is 10.5. The van der Waals surface area contributed by atoms with Crippen molar-refractivity contribution < 1.29 is 0 Å². The predicted molar refractivity (Wildman–Crippen MR) is 68.2 cm³/mol. The first kappa shape index (κ1) is 12.3. The molecule has 1 aromatic heterocycles. The van der Waals surface area contributed by atoms with Crippen molar-refractivity contribution in [3.05, 3.63) is 27.9 Å². The summed E-state index contributed by atoms with van der Waals surface area (Å²) in [5, 5.41) is 3.41. The van der Waals surface area contributed by atoms with Crippen molar-refractivity contribution in [1.29, 1.82) is 0 Å². The van der Waals surface area contributed by atoms with Gasteiger partial charge in [0.1, 0.15) is 5.82 Å². The standard InChI is InChI=1S/C13H21N3O/c1-2-11-8-13(17)16-12(15-11)6-5-10-4-3-7-14-9-10/h8,10,14H,2-7,9H2,1H3,(H,15,16,17). The molecule has 1 aliphatic heterocycles. The van der Waals surface area contributed by atoms with Gasteiger partial charge in [-0.3, -0.25) is 4.79 Å². The number of nitrogens with zero attached hydrogens (tertiary/aromatic N) is 1. The summed E-state index contributed by atoms with van der Waals surface area (Å²) in [4.78, 5) is 18.7. The molecule has 2 N–H and O–H groups in total. The summed E-state index contributed by atoms with van der Waals surface area (Å²) in [5.74, 6) is 1.58. The van der Waals surface area contributed by atoms with Crippen LogP contribution in [0.1, 0.15) is 37.7 Å². The van der Waals surface area contributed by atoms with E-state index in [1.54, 1.807) is 6.07 Å². The van der Waals surface area contributed by atoms with Crippen LogP contribution in [0.5, 0.6) is 0 Å². The predicted octanol–water partition coefficient (Wildman–Crippen LogP) is 1.26. The van der Waals surface area contributed by atoms with E-state index in [0.29, 0.717) is 0 Å². The third-order valence-electron chi connectivity index (χ3n) is 3.39. The normalized spacial score (nSPS) is 20.4. The molecule has 0 bridgehead atoms. The van der Waals surface area contributed by atoms with Crippen LogP contribution in [0.2, 0.25) is 0 Å². The highest BCUT2D eigenvalue weighted by atomic mass is 16.1. The molecule has 2 heterocycles. The van der Waals surface area contributed by atoms with E-state index in [1.165, 1.54) is 12.8 Å². The van der Waals surface area contributed by atoms with Gasteiger partial charge in [0.2, 0.25) is 0 Å². The summed E-state index contributed by atoms with van der Waals surface area (Å²) < 4.78 is 0. The number of nitrogens with one attached hydrogen (secondary N) is 2. The fraction of sp³-hybridized carbons (Fsp3) is 0.692. The Morgan fingerprint density at radius 3 is 3.12 bits per heavy atom. The van der Waals surface area contributed by atoms with Crippen LogP contribution in [0.4, 0.5) is 0 Å². The van der Waals surface area contributed by atoms with Gasteiger partial charge in [-0.1, -0.05) is 6.92 Å². The summed E-state index contributed by atoms with van der Waals surface area (Å²) in [5.41, 5.74) is 0.874. The molecule has 0 aromatic carbocycles. The average Bonchev–Trinajstić information content (AvgIpc) is 2.37. The van der Waals surface area contributed by atoms with Crippen LogP contribution >= 0.6 is 0 Å². The Balaban J connectivity index is 1.93. The Labute approximate surface area is 102 Å². The highest BCUT2D eigenvalue weighted by molar-refractivity contribution is 5.02. The van der Waals surface area contributed by atoms with Gasteiger partial charge in [0.25, 0.3) is 5.56 Å². The van der Waals surface area contributed by atoms with Gasteiger partial charge in [-0.05, 0) is 44.7 Å². The molecule has 0 amide bonds. The molecule has 2 rings (SSSR count). The van der Waals surface area contributed by atoms with E-state index in [0.717, 1.165) is 49.8 Å². The lowest BCUT2D eigenvalue weighted by molar-refractivity contribution is 0.356. The molecular formula is C13H21N3O. The number of rotatable bonds is 4. The molecule has 1 aliphatic rings. The van der Waals surface area contributed by atoms with Crippen LogP contribution in [0.15, 0.2) is 10.9 Å². The minimum atomic E-state index is -0.0198. The van der Waals surface area contributed by atoms with E-state index < -0.39 is 0 Å².